The fourth-order valence-electron chi connectivity index (χ4n) is 2.31. The number of hydrogen-bond acceptors (Lipinski definition) is 4. The third-order valence-electron chi connectivity index (χ3n) is 3.53. The molecule has 1 heterocycles. The third-order valence-corrected chi connectivity index (χ3v) is 3.53. The van der Waals surface area contributed by atoms with Gasteiger partial charge in [-0.3, -0.25) is 0 Å². The van der Waals surface area contributed by atoms with E-state index in [1.165, 1.54) is 6.07 Å². The number of benzene rings is 2. The van der Waals surface area contributed by atoms with Crippen LogP contribution in [0.3, 0.4) is 0 Å². The lowest BCUT2D eigenvalue weighted by Gasteiger charge is -2.11. The molecule has 0 bridgehead atoms. The van der Waals surface area contributed by atoms with Crippen LogP contribution in [-0.2, 0) is 0 Å². The molecule has 0 aliphatic carbocycles. The molecule has 0 atom stereocenters. The molecule has 0 unspecified atom stereocenters. The molecule has 0 fully saturated rings. The van der Waals surface area contributed by atoms with Gasteiger partial charge in [0.05, 0.1) is 5.69 Å². The summed E-state index contributed by atoms with van der Waals surface area (Å²) in [5, 5.41) is 6.16. The second kappa shape index (κ2) is 7.70. The molecule has 3 rings (SSSR count). The fraction of sp³-hybridized carbons (Fsp3) is 0.158. The Morgan fingerprint density at radius 3 is 2.44 bits per heavy atom. The first kappa shape index (κ1) is 16.8. The molecule has 0 amide bonds. The number of nitrogens with one attached hydrogen (secondary N) is 2. The zero-order valence-corrected chi connectivity index (χ0v) is 13.8. The lowest BCUT2D eigenvalue weighted by Crippen LogP contribution is -2.06. The average molecular weight is 340 g/mol. The molecule has 6 heteroatoms. The van der Waals surface area contributed by atoms with Crippen molar-refractivity contribution in [2.45, 2.75) is 13.3 Å². The van der Waals surface area contributed by atoms with E-state index in [4.69, 9.17) is 0 Å². The van der Waals surface area contributed by atoms with Gasteiger partial charge in [-0.1, -0.05) is 37.3 Å². The SMILES string of the molecule is CCCNc1cc(-c2ccccc2)nc(Nc2ccc(F)c(F)c2)n1. The molecular formula is C19H18F2N4. The molecule has 25 heavy (non-hydrogen) atoms. The van der Waals surface area contributed by atoms with Crippen molar-refractivity contribution in [1.29, 1.82) is 0 Å². The summed E-state index contributed by atoms with van der Waals surface area (Å²) in [6.07, 6.45) is 0.955. The van der Waals surface area contributed by atoms with Crippen molar-refractivity contribution < 1.29 is 8.78 Å². The van der Waals surface area contributed by atoms with Crippen LogP contribution in [-0.4, -0.2) is 16.5 Å². The van der Waals surface area contributed by atoms with Crippen LogP contribution >= 0.6 is 0 Å². The second-order valence-electron chi connectivity index (χ2n) is 5.51. The molecule has 1 aromatic heterocycles. The Kier molecular flexibility index (Phi) is 5.18. The van der Waals surface area contributed by atoms with Gasteiger partial charge in [-0.25, -0.2) is 13.8 Å². The van der Waals surface area contributed by atoms with Gasteiger partial charge in [0.1, 0.15) is 5.82 Å². The molecule has 0 aliphatic heterocycles. The lowest BCUT2D eigenvalue weighted by molar-refractivity contribution is 0.509. The fourth-order valence-corrected chi connectivity index (χ4v) is 2.31. The van der Waals surface area contributed by atoms with Crippen LogP contribution in [0.5, 0.6) is 0 Å². The van der Waals surface area contributed by atoms with Gasteiger partial charge >= 0.3 is 0 Å². The van der Waals surface area contributed by atoms with Crippen molar-refractivity contribution in [2.75, 3.05) is 17.2 Å². The van der Waals surface area contributed by atoms with Gasteiger partial charge in [-0.05, 0) is 18.6 Å². The van der Waals surface area contributed by atoms with Crippen molar-refractivity contribution in [3.63, 3.8) is 0 Å². The summed E-state index contributed by atoms with van der Waals surface area (Å²) in [7, 11) is 0. The number of halogens is 2. The zero-order valence-electron chi connectivity index (χ0n) is 13.8. The molecule has 0 aliphatic rings. The first-order valence-electron chi connectivity index (χ1n) is 8.06. The van der Waals surface area contributed by atoms with Crippen LogP contribution in [0.2, 0.25) is 0 Å². The summed E-state index contributed by atoms with van der Waals surface area (Å²) < 4.78 is 26.5. The largest absolute Gasteiger partial charge is 0.370 e. The van der Waals surface area contributed by atoms with Crippen LogP contribution in [0.25, 0.3) is 11.3 Å². The Labute approximate surface area is 145 Å². The van der Waals surface area contributed by atoms with Crippen LogP contribution in [0.4, 0.5) is 26.2 Å². The van der Waals surface area contributed by atoms with E-state index in [9.17, 15) is 8.78 Å². The van der Waals surface area contributed by atoms with Gasteiger partial charge in [0.2, 0.25) is 5.95 Å². The van der Waals surface area contributed by atoms with E-state index in [1.54, 1.807) is 0 Å². The summed E-state index contributed by atoms with van der Waals surface area (Å²) in [6, 6.07) is 15.1. The number of aromatic nitrogens is 2. The summed E-state index contributed by atoms with van der Waals surface area (Å²) in [4.78, 5) is 8.87. The second-order valence-corrected chi connectivity index (χ2v) is 5.51. The standard InChI is InChI=1S/C19H18F2N4/c1-2-10-22-18-12-17(13-6-4-3-5-7-13)24-19(25-18)23-14-8-9-15(20)16(21)11-14/h3-9,11-12H,2,10H2,1H3,(H2,22,23,24,25). The topological polar surface area (TPSA) is 49.8 Å². The molecule has 2 N–H and O–H groups in total. The van der Waals surface area contributed by atoms with Crippen molar-refractivity contribution in [1.82, 2.24) is 9.97 Å². The van der Waals surface area contributed by atoms with Gasteiger partial charge in [0.15, 0.2) is 11.6 Å². The van der Waals surface area contributed by atoms with E-state index in [0.717, 1.165) is 36.4 Å². The predicted molar refractivity (Wildman–Crippen MR) is 95.9 cm³/mol. The van der Waals surface area contributed by atoms with Crippen LogP contribution in [0.1, 0.15) is 13.3 Å². The highest BCUT2D eigenvalue weighted by Crippen LogP contribution is 2.23. The summed E-state index contributed by atoms with van der Waals surface area (Å²) in [6.45, 7) is 2.84. The monoisotopic (exact) mass is 340 g/mol. The Bertz CT molecular complexity index is 853. The molecule has 0 saturated heterocycles. The average Bonchev–Trinajstić information content (AvgIpc) is 2.63. The molecule has 0 saturated carbocycles. The Balaban J connectivity index is 1.95. The van der Waals surface area contributed by atoms with E-state index in [-0.39, 0.29) is 0 Å². The van der Waals surface area contributed by atoms with E-state index in [0.29, 0.717) is 17.5 Å². The number of nitrogens with zero attached hydrogens (tertiary/aromatic N) is 2. The first-order valence-corrected chi connectivity index (χ1v) is 8.06. The highest BCUT2D eigenvalue weighted by atomic mass is 19.2. The van der Waals surface area contributed by atoms with Crippen molar-refractivity contribution in [3.8, 4) is 11.3 Å². The minimum atomic E-state index is -0.923. The highest BCUT2D eigenvalue weighted by Gasteiger charge is 2.08. The number of rotatable bonds is 6. The quantitative estimate of drug-likeness (QED) is 0.664. The van der Waals surface area contributed by atoms with Crippen LogP contribution in [0, 0.1) is 11.6 Å². The minimum Gasteiger partial charge on any atom is -0.370 e. The summed E-state index contributed by atoms with van der Waals surface area (Å²) >= 11 is 0. The van der Waals surface area contributed by atoms with Gasteiger partial charge in [0.25, 0.3) is 0 Å². The molecular weight excluding hydrogens is 322 g/mol. The maximum absolute atomic E-state index is 13.4. The van der Waals surface area contributed by atoms with Gasteiger partial charge in [-0.15, -0.1) is 0 Å². The smallest absolute Gasteiger partial charge is 0.229 e. The van der Waals surface area contributed by atoms with E-state index >= 15 is 0 Å². The van der Waals surface area contributed by atoms with Crippen LogP contribution in [0.15, 0.2) is 54.6 Å². The zero-order chi connectivity index (χ0) is 17.6. The maximum atomic E-state index is 13.4. The summed E-state index contributed by atoms with van der Waals surface area (Å²) in [5.41, 5.74) is 2.06. The molecule has 128 valence electrons. The summed E-state index contributed by atoms with van der Waals surface area (Å²) in [5.74, 6) is -0.838. The Morgan fingerprint density at radius 2 is 1.72 bits per heavy atom. The van der Waals surface area contributed by atoms with Crippen molar-refractivity contribution in [3.05, 3.63) is 66.2 Å². The molecule has 4 nitrogen and oxygen atoms in total. The lowest BCUT2D eigenvalue weighted by atomic mass is 10.1. The Hall–Kier alpha value is -3.02. The van der Waals surface area contributed by atoms with E-state index in [1.807, 2.05) is 36.4 Å². The predicted octanol–water partition coefficient (Wildman–Crippen LogP) is 4.99. The van der Waals surface area contributed by atoms with Gasteiger partial charge in [-0.2, -0.15) is 4.98 Å². The molecule has 0 radical (unpaired) electrons. The van der Waals surface area contributed by atoms with Gasteiger partial charge < -0.3 is 10.6 Å². The van der Waals surface area contributed by atoms with E-state index < -0.39 is 11.6 Å². The molecule has 3 aromatic rings. The third kappa shape index (κ3) is 4.29. The normalized spacial score (nSPS) is 10.5. The maximum Gasteiger partial charge on any atom is 0.229 e. The van der Waals surface area contributed by atoms with Crippen LogP contribution < -0.4 is 10.6 Å². The van der Waals surface area contributed by atoms with Gasteiger partial charge in [0, 0.05) is 29.9 Å². The first-order chi connectivity index (χ1) is 12.2. The minimum absolute atomic E-state index is 0.311. The highest BCUT2D eigenvalue weighted by molar-refractivity contribution is 5.66. The molecule has 2 aromatic carbocycles. The van der Waals surface area contributed by atoms with E-state index in [2.05, 4.69) is 27.5 Å². The van der Waals surface area contributed by atoms with Crippen molar-refractivity contribution in [2.24, 2.45) is 0 Å². The molecule has 0 spiro atoms. The number of hydrogen-bond donors (Lipinski definition) is 2. The van der Waals surface area contributed by atoms with Crippen molar-refractivity contribution >= 4 is 17.5 Å². The number of anilines is 3. The Morgan fingerprint density at radius 1 is 0.920 bits per heavy atom.